The van der Waals surface area contributed by atoms with Crippen molar-refractivity contribution in [2.45, 2.75) is 19.1 Å². The predicted molar refractivity (Wildman–Crippen MR) is 96.6 cm³/mol. The summed E-state index contributed by atoms with van der Waals surface area (Å²) in [6.45, 7) is 2.12. The fraction of sp³-hybridized carbons (Fsp3) is 0.263. The van der Waals surface area contributed by atoms with Crippen molar-refractivity contribution >= 4 is 16.8 Å². The first-order valence-electron chi connectivity index (χ1n) is 8.41. The van der Waals surface area contributed by atoms with Crippen LogP contribution in [0.1, 0.15) is 28.9 Å². The molecule has 1 fully saturated rings. The number of pyridine rings is 1. The zero-order valence-corrected chi connectivity index (χ0v) is 14.2. The molecule has 1 aliphatic rings. The predicted octanol–water partition coefficient (Wildman–Crippen LogP) is 2.11. The number of carbonyl (C=O) groups is 1. The zero-order valence-electron chi connectivity index (χ0n) is 14.2. The van der Waals surface area contributed by atoms with Crippen LogP contribution in [0.25, 0.3) is 10.9 Å². The zero-order chi connectivity index (χ0) is 17.4. The molecule has 1 aromatic carbocycles. The number of aromatic nitrogens is 2. The van der Waals surface area contributed by atoms with Crippen LogP contribution in [0.3, 0.4) is 0 Å². The molecule has 3 atom stereocenters. The van der Waals surface area contributed by atoms with Crippen LogP contribution < -0.4 is 16.2 Å². The third kappa shape index (κ3) is 2.79. The van der Waals surface area contributed by atoms with Crippen molar-refractivity contribution in [2.75, 3.05) is 0 Å². The van der Waals surface area contributed by atoms with E-state index in [1.807, 2.05) is 54.2 Å². The molecule has 0 saturated carbocycles. The monoisotopic (exact) mass is 335 g/mol. The minimum absolute atomic E-state index is 0.0710. The van der Waals surface area contributed by atoms with Gasteiger partial charge in [0.15, 0.2) is 0 Å². The number of fused-ring (bicyclic) bond motifs is 1. The van der Waals surface area contributed by atoms with E-state index in [1.54, 1.807) is 12.4 Å². The van der Waals surface area contributed by atoms with Gasteiger partial charge in [-0.05, 0) is 35.9 Å². The maximum absolute atomic E-state index is 12.8. The van der Waals surface area contributed by atoms with Crippen LogP contribution >= 0.6 is 0 Å². The Morgan fingerprint density at radius 2 is 1.96 bits per heavy atom. The topological polar surface area (TPSA) is 71.0 Å². The third-order valence-electron chi connectivity index (χ3n) is 4.97. The van der Waals surface area contributed by atoms with Gasteiger partial charge in [0.25, 0.3) is 5.91 Å². The van der Waals surface area contributed by atoms with Gasteiger partial charge in [0, 0.05) is 48.0 Å². The molecule has 3 unspecified atom stereocenters. The van der Waals surface area contributed by atoms with E-state index in [0.29, 0.717) is 5.56 Å². The summed E-state index contributed by atoms with van der Waals surface area (Å²) in [5.41, 5.74) is 9.37. The molecule has 6 heteroatoms. The lowest BCUT2D eigenvalue weighted by molar-refractivity contribution is 0.0924. The largest absolute Gasteiger partial charge is 0.351 e. The molecule has 1 amide bonds. The van der Waals surface area contributed by atoms with Gasteiger partial charge in [0.2, 0.25) is 0 Å². The molecule has 1 saturated heterocycles. The number of nitrogens with zero attached hydrogens (tertiary/aromatic N) is 2. The second-order valence-electron chi connectivity index (χ2n) is 6.52. The Kier molecular flexibility index (Phi) is 3.99. The Labute approximate surface area is 146 Å². The molecule has 2 aromatic heterocycles. The van der Waals surface area contributed by atoms with Crippen LogP contribution in [-0.2, 0) is 7.05 Å². The van der Waals surface area contributed by atoms with Gasteiger partial charge in [-0.25, -0.2) is 10.9 Å². The van der Waals surface area contributed by atoms with Gasteiger partial charge in [-0.15, -0.1) is 0 Å². The number of nitrogens with one attached hydrogen (secondary N) is 3. The second kappa shape index (κ2) is 6.31. The molecule has 0 bridgehead atoms. The number of hydrazine groups is 1. The first kappa shape index (κ1) is 15.8. The van der Waals surface area contributed by atoms with Gasteiger partial charge >= 0.3 is 0 Å². The average Bonchev–Trinajstić information content (AvgIpc) is 3.19. The highest BCUT2D eigenvalue weighted by Gasteiger charge is 2.34. The van der Waals surface area contributed by atoms with Gasteiger partial charge in [0.1, 0.15) is 0 Å². The Morgan fingerprint density at radius 3 is 2.76 bits per heavy atom. The van der Waals surface area contributed by atoms with Crippen LogP contribution in [0.2, 0.25) is 0 Å². The first-order valence-corrected chi connectivity index (χ1v) is 8.41. The van der Waals surface area contributed by atoms with Crippen molar-refractivity contribution in [3.63, 3.8) is 0 Å². The smallest absolute Gasteiger partial charge is 0.253 e. The van der Waals surface area contributed by atoms with Crippen molar-refractivity contribution in [1.29, 1.82) is 0 Å². The van der Waals surface area contributed by atoms with E-state index in [2.05, 4.69) is 28.1 Å². The molecule has 3 aromatic rings. The number of hydrogen-bond acceptors (Lipinski definition) is 4. The summed E-state index contributed by atoms with van der Waals surface area (Å²) in [4.78, 5) is 16.9. The van der Waals surface area contributed by atoms with Crippen LogP contribution in [0.15, 0.2) is 55.0 Å². The summed E-state index contributed by atoms with van der Waals surface area (Å²) in [5, 5.41) is 4.07. The lowest BCUT2D eigenvalue weighted by Gasteiger charge is -2.20. The lowest BCUT2D eigenvalue weighted by Crippen LogP contribution is -2.46. The van der Waals surface area contributed by atoms with E-state index < -0.39 is 0 Å². The third-order valence-corrected chi connectivity index (χ3v) is 4.97. The van der Waals surface area contributed by atoms with E-state index >= 15 is 0 Å². The maximum Gasteiger partial charge on any atom is 0.253 e. The van der Waals surface area contributed by atoms with Crippen LogP contribution in [0, 0.1) is 5.92 Å². The molecule has 0 aliphatic carbocycles. The molecule has 3 heterocycles. The normalized spacial score (nSPS) is 23.0. The number of hydrogen-bond donors (Lipinski definition) is 3. The van der Waals surface area contributed by atoms with Gasteiger partial charge in [-0.1, -0.05) is 13.0 Å². The van der Waals surface area contributed by atoms with Gasteiger partial charge < -0.3 is 9.88 Å². The number of aryl methyl sites for hydroxylation is 1. The summed E-state index contributed by atoms with van der Waals surface area (Å²) >= 11 is 0. The summed E-state index contributed by atoms with van der Waals surface area (Å²) in [7, 11) is 1.98. The first-order chi connectivity index (χ1) is 12.1. The second-order valence-corrected chi connectivity index (χ2v) is 6.52. The molecule has 4 rings (SSSR count). The Hall–Kier alpha value is -2.70. The van der Waals surface area contributed by atoms with Crippen molar-refractivity contribution < 1.29 is 4.79 Å². The summed E-state index contributed by atoms with van der Waals surface area (Å²) in [6, 6.07) is 11.9. The highest BCUT2D eigenvalue weighted by Crippen LogP contribution is 2.27. The molecule has 1 aliphatic heterocycles. The van der Waals surface area contributed by atoms with Gasteiger partial charge in [0.05, 0.1) is 12.2 Å². The number of rotatable bonds is 3. The fourth-order valence-electron chi connectivity index (χ4n) is 3.48. The summed E-state index contributed by atoms with van der Waals surface area (Å²) in [6.07, 6.45) is 5.39. The standard InChI is InChI=1S/C19H21N5O/c1-12-17(13-6-9-20-10-7-13)22-23-18(12)21-19(25)15-4-3-5-16-14(15)8-11-24(16)2/h3-12,17-18,22-23H,1-2H3,(H,21,25). The van der Waals surface area contributed by atoms with Crippen LogP contribution in [0.4, 0.5) is 0 Å². The number of carbonyl (C=O) groups excluding carboxylic acids is 1. The van der Waals surface area contributed by atoms with Crippen molar-refractivity contribution in [2.24, 2.45) is 13.0 Å². The highest BCUT2D eigenvalue weighted by atomic mass is 16.1. The van der Waals surface area contributed by atoms with E-state index in [9.17, 15) is 4.79 Å². The van der Waals surface area contributed by atoms with Crippen molar-refractivity contribution in [3.05, 3.63) is 66.1 Å². The number of amides is 1. The summed E-state index contributed by atoms with van der Waals surface area (Å²) in [5.74, 6) is 0.125. The Balaban J connectivity index is 1.53. The fourth-order valence-corrected chi connectivity index (χ4v) is 3.48. The molecular weight excluding hydrogens is 314 g/mol. The Morgan fingerprint density at radius 1 is 1.16 bits per heavy atom. The molecule has 25 heavy (non-hydrogen) atoms. The molecule has 3 N–H and O–H groups in total. The Bertz CT molecular complexity index is 905. The minimum atomic E-state index is -0.148. The summed E-state index contributed by atoms with van der Waals surface area (Å²) < 4.78 is 2.02. The lowest BCUT2D eigenvalue weighted by atomic mass is 9.95. The van der Waals surface area contributed by atoms with E-state index in [0.717, 1.165) is 16.5 Å². The van der Waals surface area contributed by atoms with Crippen LogP contribution in [0.5, 0.6) is 0 Å². The van der Waals surface area contributed by atoms with Gasteiger partial charge in [-0.3, -0.25) is 9.78 Å². The van der Waals surface area contributed by atoms with E-state index in [-0.39, 0.29) is 24.0 Å². The van der Waals surface area contributed by atoms with E-state index in [4.69, 9.17) is 0 Å². The van der Waals surface area contributed by atoms with Crippen molar-refractivity contribution in [3.8, 4) is 0 Å². The SMILES string of the molecule is CC1C(NC(=O)c2cccc3c2ccn3C)NNC1c1ccncc1. The molecule has 128 valence electrons. The minimum Gasteiger partial charge on any atom is -0.351 e. The number of benzene rings is 1. The van der Waals surface area contributed by atoms with Crippen LogP contribution in [-0.4, -0.2) is 21.6 Å². The molecule has 0 spiro atoms. The quantitative estimate of drug-likeness (QED) is 0.686. The van der Waals surface area contributed by atoms with E-state index in [1.165, 1.54) is 0 Å². The molecular formula is C19H21N5O. The molecule has 0 radical (unpaired) electrons. The molecule has 6 nitrogen and oxygen atoms in total. The highest BCUT2D eigenvalue weighted by molar-refractivity contribution is 6.06. The maximum atomic E-state index is 12.8. The van der Waals surface area contributed by atoms with Crippen molar-refractivity contribution in [1.82, 2.24) is 25.7 Å². The van der Waals surface area contributed by atoms with Gasteiger partial charge in [-0.2, -0.15) is 0 Å². The average molecular weight is 335 g/mol.